The predicted octanol–water partition coefficient (Wildman–Crippen LogP) is 7.84. The maximum atomic E-state index is 11.9. The van der Waals surface area contributed by atoms with Gasteiger partial charge in [-0.05, 0) is 56.1 Å². The van der Waals surface area contributed by atoms with Crippen molar-refractivity contribution in [2.24, 2.45) is 0 Å². The van der Waals surface area contributed by atoms with Crippen LogP contribution in [0, 0.1) is 0 Å². The highest BCUT2D eigenvalue weighted by Gasteiger charge is 2.36. The Kier molecular flexibility index (Phi) is 12.8. The van der Waals surface area contributed by atoms with Crippen LogP contribution in [0.3, 0.4) is 0 Å². The molecule has 32 heavy (non-hydrogen) atoms. The summed E-state index contributed by atoms with van der Waals surface area (Å²) in [6.07, 6.45) is 16.4. The van der Waals surface area contributed by atoms with E-state index in [4.69, 9.17) is 9.47 Å². The van der Waals surface area contributed by atoms with E-state index in [0.717, 1.165) is 24.8 Å². The van der Waals surface area contributed by atoms with Crippen LogP contribution in [0.1, 0.15) is 121 Å². The molecule has 0 unspecified atom stereocenters. The van der Waals surface area contributed by atoms with Crippen molar-refractivity contribution in [1.82, 2.24) is 0 Å². The van der Waals surface area contributed by atoms with Gasteiger partial charge in [0.15, 0.2) is 0 Å². The van der Waals surface area contributed by atoms with Crippen LogP contribution in [0.4, 0.5) is 4.79 Å². The van der Waals surface area contributed by atoms with E-state index in [1.165, 1.54) is 63.4 Å². The van der Waals surface area contributed by atoms with Gasteiger partial charge in [-0.1, -0.05) is 95.9 Å². The van der Waals surface area contributed by atoms with E-state index < -0.39 is 11.8 Å². The van der Waals surface area contributed by atoms with Gasteiger partial charge in [0.2, 0.25) is 0 Å². The first-order valence-corrected chi connectivity index (χ1v) is 13.2. The molecule has 0 spiro atoms. The smallest absolute Gasteiger partial charge is 0.434 e. The third kappa shape index (κ3) is 9.94. The molecule has 1 N–H and O–H groups in total. The standard InChI is InChI=1S/C28H46O4/c1-3-5-7-9-10-12-14-24-15-17-25(18-16-24)28(30)21-19-26(20-22-28)32-27(29)31-23-13-11-8-6-4-2/h15-18,26,30H,3-14,19-23H2,1-2H3. The van der Waals surface area contributed by atoms with E-state index >= 15 is 0 Å². The third-order valence-electron chi connectivity index (χ3n) is 6.80. The van der Waals surface area contributed by atoms with E-state index in [1.54, 1.807) is 0 Å². The Hall–Kier alpha value is -1.55. The minimum absolute atomic E-state index is 0.158. The number of aryl methyl sites for hydroxylation is 1. The highest BCUT2D eigenvalue weighted by Crippen LogP contribution is 2.38. The molecule has 1 aromatic carbocycles. The molecule has 2 rings (SSSR count). The maximum Gasteiger partial charge on any atom is 0.508 e. The van der Waals surface area contributed by atoms with Crippen LogP contribution in [0.25, 0.3) is 0 Å². The normalized spacial score (nSPS) is 20.8. The molecule has 4 heteroatoms. The van der Waals surface area contributed by atoms with Gasteiger partial charge in [-0.25, -0.2) is 4.79 Å². The molecule has 0 aliphatic heterocycles. The van der Waals surface area contributed by atoms with E-state index in [1.807, 2.05) is 0 Å². The maximum absolute atomic E-state index is 11.9. The van der Waals surface area contributed by atoms with Gasteiger partial charge >= 0.3 is 6.16 Å². The third-order valence-corrected chi connectivity index (χ3v) is 6.80. The molecule has 4 nitrogen and oxygen atoms in total. The number of unbranched alkanes of at least 4 members (excludes halogenated alkanes) is 9. The van der Waals surface area contributed by atoms with Crippen molar-refractivity contribution in [3.05, 3.63) is 35.4 Å². The lowest BCUT2D eigenvalue weighted by Gasteiger charge is -2.36. The van der Waals surface area contributed by atoms with Crippen LogP contribution in [0.2, 0.25) is 0 Å². The molecule has 0 bridgehead atoms. The predicted molar refractivity (Wildman–Crippen MR) is 131 cm³/mol. The summed E-state index contributed by atoms with van der Waals surface area (Å²) < 4.78 is 10.7. The first kappa shape index (κ1) is 26.7. The van der Waals surface area contributed by atoms with Crippen LogP contribution in [0.5, 0.6) is 0 Å². The Labute approximate surface area is 196 Å². The first-order valence-electron chi connectivity index (χ1n) is 13.2. The fraction of sp³-hybridized carbons (Fsp3) is 0.750. The number of carbonyl (C=O) groups excluding carboxylic acids is 1. The molecule has 0 radical (unpaired) electrons. The number of benzene rings is 1. The number of hydrogen-bond donors (Lipinski definition) is 1. The highest BCUT2D eigenvalue weighted by atomic mass is 16.7. The molecule has 1 aromatic rings. The Morgan fingerprint density at radius 3 is 2.06 bits per heavy atom. The fourth-order valence-electron chi connectivity index (χ4n) is 4.60. The zero-order valence-electron chi connectivity index (χ0n) is 20.6. The number of aliphatic hydroxyl groups is 1. The number of ether oxygens (including phenoxy) is 2. The van der Waals surface area contributed by atoms with Crippen molar-refractivity contribution in [1.29, 1.82) is 0 Å². The van der Waals surface area contributed by atoms with Gasteiger partial charge in [-0.15, -0.1) is 0 Å². The topological polar surface area (TPSA) is 55.8 Å². The van der Waals surface area contributed by atoms with E-state index in [9.17, 15) is 9.90 Å². The highest BCUT2D eigenvalue weighted by molar-refractivity contribution is 5.60. The van der Waals surface area contributed by atoms with Gasteiger partial charge in [0.05, 0.1) is 12.2 Å². The number of carbonyl (C=O) groups is 1. The molecule has 182 valence electrons. The number of hydrogen-bond acceptors (Lipinski definition) is 4. The molecule has 1 saturated carbocycles. The van der Waals surface area contributed by atoms with Gasteiger partial charge in [-0.3, -0.25) is 0 Å². The summed E-state index contributed by atoms with van der Waals surface area (Å²) in [5, 5.41) is 11.2. The molecule has 0 aromatic heterocycles. The molecule has 0 saturated heterocycles. The molecular formula is C28H46O4. The van der Waals surface area contributed by atoms with Crippen LogP contribution in [-0.2, 0) is 21.5 Å². The van der Waals surface area contributed by atoms with E-state index in [2.05, 4.69) is 38.1 Å². The second-order valence-electron chi connectivity index (χ2n) is 9.58. The van der Waals surface area contributed by atoms with Gasteiger partial charge in [0.25, 0.3) is 0 Å². The molecule has 1 aliphatic carbocycles. The molecular weight excluding hydrogens is 400 g/mol. The first-order chi connectivity index (χ1) is 15.6. The van der Waals surface area contributed by atoms with Crippen molar-refractivity contribution in [3.8, 4) is 0 Å². The zero-order valence-corrected chi connectivity index (χ0v) is 20.6. The SMILES string of the molecule is CCCCCCCCc1ccc(C2(O)CCC(OC(=O)OCCCCCCC)CC2)cc1. The molecule has 0 amide bonds. The summed E-state index contributed by atoms with van der Waals surface area (Å²) in [4.78, 5) is 11.9. The summed E-state index contributed by atoms with van der Waals surface area (Å²) in [5.41, 5.74) is 1.52. The molecule has 0 atom stereocenters. The van der Waals surface area contributed by atoms with Crippen LogP contribution >= 0.6 is 0 Å². The molecule has 0 heterocycles. The minimum atomic E-state index is -0.818. The summed E-state index contributed by atoms with van der Waals surface area (Å²) in [5.74, 6) is 0. The van der Waals surface area contributed by atoms with Crippen LogP contribution < -0.4 is 0 Å². The van der Waals surface area contributed by atoms with Crippen molar-refractivity contribution in [3.63, 3.8) is 0 Å². The van der Waals surface area contributed by atoms with Crippen LogP contribution in [-0.4, -0.2) is 24.0 Å². The average molecular weight is 447 g/mol. The summed E-state index contributed by atoms with van der Waals surface area (Å²) >= 11 is 0. The van der Waals surface area contributed by atoms with Crippen molar-refractivity contribution < 1.29 is 19.4 Å². The van der Waals surface area contributed by atoms with Crippen molar-refractivity contribution >= 4 is 6.16 Å². The van der Waals surface area contributed by atoms with Crippen molar-refractivity contribution in [2.75, 3.05) is 6.61 Å². The number of rotatable bonds is 15. The summed E-state index contributed by atoms with van der Waals surface area (Å²) in [6, 6.07) is 8.50. The van der Waals surface area contributed by atoms with Crippen molar-refractivity contribution in [2.45, 2.75) is 128 Å². The van der Waals surface area contributed by atoms with E-state index in [0.29, 0.717) is 32.3 Å². The van der Waals surface area contributed by atoms with Gasteiger partial charge in [-0.2, -0.15) is 0 Å². The largest absolute Gasteiger partial charge is 0.508 e. The monoisotopic (exact) mass is 446 g/mol. The minimum Gasteiger partial charge on any atom is -0.434 e. The average Bonchev–Trinajstić information content (AvgIpc) is 2.80. The molecule has 1 aliphatic rings. The zero-order chi connectivity index (χ0) is 23.1. The summed E-state index contributed by atoms with van der Waals surface area (Å²) in [6.45, 7) is 4.87. The lowest BCUT2D eigenvalue weighted by molar-refractivity contribution is -0.0538. The Morgan fingerprint density at radius 2 is 1.44 bits per heavy atom. The quantitative estimate of drug-likeness (QED) is 0.220. The second-order valence-corrected chi connectivity index (χ2v) is 9.58. The van der Waals surface area contributed by atoms with Gasteiger partial charge < -0.3 is 14.6 Å². The Morgan fingerprint density at radius 1 is 0.875 bits per heavy atom. The second kappa shape index (κ2) is 15.3. The Balaban J connectivity index is 1.66. The van der Waals surface area contributed by atoms with Gasteiger partial charge in [0.1, 0.15) is 6.10 Å². The van der Waals surface area contributed by atoms with Gasteiger partial charge in [0, 0.05) is 0 Å². The van der Waals surface area contributed by atoms with Crippen LogP contribution in [0.15, 0.2) is 24.3 Å². The Bertz CT molecular complexity index is 617. The lowest BCUT2D eigenvalue weighted by atomic mass is 9.78. The fourth-order valence-corrected chi connectivity index (χ4v) is 4.60. The molecule has 1 fully saturated rings. The van der Waals surface area contributed by atoms with E-state index in [-0.39, 0.29) is 6.10 Å². The summed E-state index contributed by atoms with van der Waals surface area (Å²) in [7, 11) is 0. The lowest BCUT2D eigenvalue weighted by Crippen LogP contribution is -2.35.